The van der Waals surface area contributed by atoms with Gasteiger partial charge in [-0.1, -0.05) is 11.6 Å². The van der Waals surface area contributed by atoms with Crippen LogP contribution in [0.4, 0.5) is 31.8 Å². The molecule has 1 unspecified atom stereocenters. The van der Waals surface area contributed by atoms with Crippen molar-refractivity contribution in [2.24, 2.45) is 0 Å². The van der Waals surface area contributed by atoms with Gasteiger partial charge in [0.25, 0.3) is 17.7 Å². The van der Waals surface area contributed by atoms with Crippen LogP contribution in [-0.2, 0) is 22.6 Å². The first-order chi connectivity index (χ1) is 29.0. The van der Waals surface area contributed by atoms with E-state index in [0.717, 1.165) is 40.8 Å². The maximum Gasteiger partial charge on any atom is 0.262 e. The third-order valence-corrected chi connectivity index (χ3v) is 11.6. The Morgan fingerprint density at radius 3 is 2.43 bits per heavy atom. The Balaban J connectivity index is 0.786. The van der Waals surface area contributed by atoms with Crippen LogP contribution < -0.4 is 31.5 Å². The normalized spacial score (nSPS) is 19.9. The van der Waals surface area contributed by atoms with Crippen LogP contribution in [0, 0.1) is 23.1 Å². The number of aromatic nitrogens is 3. The average Bonchev–Trinajstić information content (AvgIpc) is 3.47. The van der Waals surface area contributed by atoms with Gasteiger partial charge in [0, 0.05) is 49.4 Å². The molecule has 5 heterocycles. The summed E-state index contributed by atoms with van der Waals surface area (Å²) in [5, 5.41) is 24.1. The first-order valence-electron chi connectivity index (χ1n) is 19.5. The van der Waals surface area contributed by atoms with Crippen LogP contribution in [-0.4, -0.2) is 87.1 Å². The Bertz CT molecular complexity index is 2470. The molecule has 0 radical (unpaired) electrons. The molecule has 1 atom stereocenters. The van der Waals surface area contributed by atoms with Crippen molar-refractivity contribution in [2.45, 2.75) is 69.6 Å². The number of halogens is 3. The monoisotopic (exact) mass is 837 g/mol. The molecule has 8 rings (SSSR count). The van der Waals surface area contributed by atoms with E-state index in [-0.39, 0.29) is 53.1 Å². The van der Waals surface area contributed by atoms with Gasteiger partial charge < -0.3 is 26.2 Å². The number of rotatable bonds is 11. The molecule has 5 N–H and O–H groups in total. The summed E-state index contributed by atoms with van der Waals surface area (Å²) in [6.07, 6.45) is 4.76. The van der Waals surface area contributed by atoms with Crippen molar-refractivity contribution in [1.29, 1.82) is 5.26 Å². The molecule has 16 nitrogen and oxygen atoms in total. The second-order valence-corrected chi connectivity index (χ2v) is 15.4. The topological polar surface area (TPSA) is 214 Å². The lowest BCUT2D eigenvalue weighted by molar-refractivity contribution is -0.136. The van der Waals surface area contributed by atoms with Crippen molar-refractivity contribution in [1.82, 2.24) is 35.8 Å². The summed E-state index contributed by atoms with van der Waals surface area (Å²) in [4.78, 5) is 78.7. The van der Waals surface area contributed by atoms with E-state index in [4.69, 9.17) is 11.6 Å². The smallest absolute Gasteiger partial charge is 0.262 e. The zero-order chi connectivity index (χ0) is 42.1. The molecule has 4 aromatic rings. The molecule has 2 fully saturated rings. The Labute approximate surface area is 347 Å². The SMILES string of the molecule is N#Cc1ccc(N2CCc3c(ncnc3Nc3ccc(C(=O)NC4CCC(NCCNc5cc6c(cc5F)C(=O)N(C5CCC(=O)NC5=O)C6=O)CC4)c(F)n3)C2)cc1Cl. The van der Waals surface area contributed by atoms with Gasteiger partial charge in [-0.3, -0.25) is 34.2 Å². The number of hydrogen-bond donors (Lipinski definition) is 5. The van der Waals surface area contributed by atoms with E-state index in [1.807, 2.05) is 6.07 Å². The fourth-order valence-corrected chi connectivity index (χ4v) is 8.29. The number of carbonyl (C=O) groups is 5. The van der Waals surface area contributed by atoms with E-state index in [0.29, 0.717) is 61.8 Å². The zero-order valence-electron chi connectivity index (χ0n) is 32.0. The van der Waals surface area contributed by atoms with Crippen molar-refractivity contribution in [3.8, 4) is 6.07 Å². The Hall–Kier alpha value is -6.58. The highest BCUT2D eigenvalue weighted by atomic mass is 35.5. The largest absolute Gasteiger partial charge is 0.381 e. The number of nitrogens with one attached hydrogen (secondary N) is 5. The minimum Gasteiger partial charge on any atom is -0.381 e. The summed E-state index contributed by atoms with van der Waals surface area (Å²) in [6, 6.07) is 11.3. The summed E-state index contributed by atoms with van der Waals surface area (Å²) in [5.74, 6) is -4.26. The maximum absolute atomic E-state index is 15.2. The van der Waals surface area contributed by atoms with E-state index < -0.39 is 47.3 Å². The van der Waals surface area contributed by atoms with Crippen LogP contribution >= 0.6 is 11.6 Å². The van der Waals surface area contributed by atoms with Crippen LogP contribution in [0.5, 0.6) is 0 Å². The van der Waals surface area contributed by atoms with Crippen LogP contribution in [0.2, 0.25) is 5.02 Å². The number of fused-ring (bicyclic) bond motifs is 2. The lowest BCUT2D eigenvalue weighted by Gasteiger charge is -2.31. The fourth-order valence-electron chi connectivity index (χ4n) is 8.07. The Kier molecular flexibility index (Phi) is 11.4. The van der Waals surface area contributed by atoms with E-state index in [1.54, 1.807) is 12.1 Å². The summed E-state index contributed by atoms with van der Waals surface area (Å²) in [5.41, 5.74) is 2.61. The molecule has 0 bridgehead atoms. The maximum atomic E-state index is 15.2. The Morgan fingerprint density at radius 2 is 1.70 bits per heavy atom. The standard InChI is InChI=1S/C41H38ClF2N11O5/c42-29-15-24(6-1-21(29)18-45)54-14-11-25-32(19-54)48-20-49-37(25)52-34-9-7-26(36(44)51-34)38(57)50-23-4-2-22(3-5-23)46-12-13-47-31-17-28-27(16-30(31)43)40(59)55(41(28)60)33-8-10-35(56)53-39(33)58/h1,6-7,9,15-17,20,22-23,33,46-47H,2-5,8,10-14,19H2,(H,50,57)(H,53,56,58)(H,48,49,51,52). The van der Waals surface area contributed by atoms with Crippen molar-refractivity contribution in [2.75, 3.05) is 35.2 Å². The van der Waals surface area contributed by atoms with E-state index in [1.165, 1.54) is 24.5 Å². The molecule has 19 heteroatoms. The first kappa shape index (κ1) is 40.2. The van der Waals surface area contributed by atoms with Crippen molar-refractivity contribution in [3.63, 3.8) is 0 Å². The van der Waals surface area contributed by atoms with Gasteiger partial charge in [-0.2, -0.15) is 9.65 Å². The molecule has 3 aliphatic heterocycles. The van der Waals surface area contributed by atoms with Crippen molar-refractivity contribution >= 4 is 64.1 Å². The number of benzene rings is 2. The summed E-state index contributed by atoms with van der Waals surface area (Å²) >= 11 is 6.25. The van der Waals surface area contributed by atoms with Crippen molar-refractivity contribution < 1.29 is 32.8 Å². The fraction of sp³-hybridized carbons (Fsp3) is 0.341. The molecule has 1 saturated carbocycles. The third-order valence-electron chi connectivity index (χ3n) is 11.2. The van der Waals surface area contributed by atoms with Crippen LogP contribution in [0.15, 0.2) is 48.8 Å². The number of amides is 5. The first-order valence-corrected chi connectivity index (χ1v) is 19.9. The predicted octanol–water partition coefficient (Wildman–Crippen LogP) is 4.13. The average molecular weight is 838 g/mol. The van der Waals surface area contributed by atoms with E-state index in [2.05, 4.69) is 52.5 Å². The number of imide groups is 2. The van der Waals surface area contributed by atoms with Gasteiger partial charge in [-0.05, 0) is 81.0 Å². The minimum atomic E-state index is -1.14. The van der Waals surface area contributed by atoms with Gasteiger partial charge in [0.1, 0.15) is 35.9 Å². The second-order valence-electron chi connectivity index (χ2n) is 15.0. The van der Waals surface area contributed by atoms with Gasteiger partial charge in [0.05, 0.1) is 45.2 Å². The third kappa shape index (κ3) is 8.18. The molecule has 0 spiro atoms. The minimum absolute atomic E-state index is 0.00194. The molecule has 1 saturated heterocycles. The molecule has 2 aromatic carbocycles. The molecule has 5 amide bonds. The van der Waals surface area contributed by atoms with Gasteiger partial charge in [0.15, 0.2) is 0 Å². The summed E-state index contributed by atoms with van der Waals surface area (Å²) in [6.45, 7) is 1.87. The molecule has 308 valence electrons. The second kappa shape index (κ2) is 17.0. The van der Waals surface area contributed by atoms with Gasteiger partial charge in [-0.15, -0.1) is 0 Å². The molecule has 2 aromatic heterocycles. The lowest BCUT2D eigenvalue weighted by Crippen LogP contribution is -2.54. The number of nitrogens with zero attached hydrogens (tertiary/aromatic N) is 6. The zero-order valence-corrected chi connectivity index (χ0v) is 32.7. The van der Waals surface area contributed by atoms with Gasteiger partial charge >= 0.3 is 0 Å². The molecular weight excluding hydrogens is 800 g/mol. The Morgan fingerprint density at radius 1 is 0.933 bits per heavy atom. The number of nitriles is 1. The highest BCUT2D eigenvalue weighted by Crippen LogP contribution is 2.33. The van der Waals surface area contributed by atoms with Crippen LogP contribution in [0.1, 0.15) is 86.4 Å². The number of carbonyl (C=O) groups excluding carboxylic acids is 5. The number of hydrogen-bond acceptors (Lipinski definition) is 13. The highest BCUT2D eigenvalue weighted by molar-refractivity contribution is 6.32. The highest BCUT2D eigenvalue weighted by Gasteiger charge is 2.45. The number of piperidine rings is 1. The van der Waals surface area contributed by atoms with Gasteiger partial charge in [-0.25, -0.2) is 19.3 Å². The summed E-state index contributed by atoms with van der Waals surface area (Å²) < 4.78 is 30.2. The molecule has 1 aliphatic carbocycles. The van der Waals surface area contributed by atoms with Crippen LogP contribution in [0.25, 0.3) is 0 Å². The van der Waals surface area contributed by atoms with Crippen molar-refractivity contribution in [3.05, 3.63) is 99.1 Å². The molecule has 4 aliphatic rings. The lowest BCUT2D eigenvalue weighted by atomic mass is 9.91. The quantitative estimate of drug-likeness (QED) is 0.0818. The number of anilines is 4. The van der Waals surface area contributed by atoms with E-state index in [9.17, 15) is 33.6 Å². The van der Waals surface area contributed by atoms with Gasteiger partial charge in [0.2, 0.25) is 17.8 Å². The number of pyridine rings is 1. The van der Waals surface area contributed by atoms with Crippen LogP contribution in [0.3, 0.4) is 0 Å². The molecule has 60 heavy (non-hydrogen) atoms. The van der Waals surface area contributed by atoms with E-state index >= 15 is 4.39 Å². The predicted molar refractivity (Wildman–Crippen MR) is 214 cm³/mol. The molecular formula is C41H38ClF2N11O5. The summed E-state index contributed by atoms with van der Waals surface area (Å²) in [7, 11) is 0.